The lowest BCUT2D eigenvalue weighted by atomic mass is 10.00. The number of amides is 3. The number of benzene rings is 2. The van der Waals surface area contributed by atoms with Crippen LogP contribution in [0.3, 0.4) is 0 Å². The third-order valence-corrected chi connectivity index (χ3v) is 4.82. The first kappa shape index (κ1) is 17.8. The summed E-state index contributed by atoms with van der Waals surface area (Å²) in [6.07, 6.45) is 1.84. The number of rotatable bonds is 3. The SMILES string of the molecule is Cc1cccc(NC(=O)NC(=O)CN2CCCc3c(N)cccc32)c1C. The molecule has 0 saturated carbocycles. The van der Waals surface area contributed by atoms with E-state index in [0.717, 1.165) is 47.5 Å². The van der Waals surface area contributed by atoms with Crippen LogP contribution >= 0.6 is 0 Å². The zero-order valence-corrected chi connectivity index (χ0v) is 15.1. The summed E-state index contributed by atoms with van der Waals surface area (Å²) in [5.74, 6) is -0.344. The highest BCUT2D eigenvalue weighted by Gasteiger charge is 2.21. The van der Waals surface area contributed by atoms with Crippen LogP contribution in [0.25, 0.3) is 0 Å². The van der Waals surface area contributed by atoms with E-state index in [-0.39, 0.29) is 12.5 Å². The highest BCUT2D eigenvalue weighted by molar-refractivity contribution is 6.02. The molecule has 0 aliphatic carbocycles. The van der Waals surface area contributed by atoms with Crippen molar-refractivity contribution >= 4 is 29.0 Å². The number of carbonyl (C=O) groups is 2. The van der Waals surface area contributed by atoms with Gasteiger partial charge in [0.25, 0.3) is 0 Å². The van der Waals surface area contributed by atoms with Crippen molar-refractivity contribution in [3.63, 3.8) is 0 Å². The Morgan fingerprint density at radius 3 is 2.73 bits per heavy atom. The molecule has 2 aromatic carbocycles. The Bertz CT molecular complexity index is 848. The molecule has 0 unspecified atom stereocenters. The molecule has 1 aliphatic heterocycles. The van der Waals surface area contributed by atoms with Crippen LogP contribution in [0.1, 0.15) is 23.1 Å². The van der Waals surface area contributed by atoms with E-state index in [4.69, 9.17) is 5.73 Å². The van der Waals surface area contributed by atoms with Crippen molar-refractivity contribution in [3.05, 3.63) is 53.1 Å². The number of nitrogen functional groups attached to an aromatic ring is 1. The predicted molar refractivity (Wildman–Crippen MR) is 104 cm³/mol. The largest absolute Gasteiger partial charge is 0.398 e. The number of nitrogens with two attached hydrogens (primary N) is 1. The monoisotopic (exact) mass is 352 g/mol. The van der Waals surface area contributed by atoms with Crippen LogP contribution in [-0.4, -0.2) is 25.0 Å². The molecule has 3 rings (SSSR count). The van der Waals surface area contributed by atoms with Gasteiger partial charge in [-0.05, 0) is 61.6 Å². The fourth-order valence-corrected chi connectivity index (χ4v) is 3.27. The Kier molecular flexibility index (Phi) is 5.11. The number of hydrogen-bond donors (Lipinski definition) is 3. The molecular formula is C20H24N4O2. The molecule has 4 N–H and O–H groups in total. The Morgan fingerprint density at radius 1 is 1.15 bits per heavy atom. The lowest BCUT2D eigenvalue weighted by molar-refractivity contribution is -0.118. The molecule has 0 spiro atoms. The average molecular weight is 352 g/mol. The first-order valence-corrected chi connectivity index (χ1v) is 8.75. The molecule has 0 saturated heterocycles. The highest BCUT2D eigenvalue weighted by atomic mass is 16.2. The summed E-state index contributed by atoms with van der Waals surface area (Å²) in [6.45, 7) is 4.80. The van der Waals surface area contributed by atoms with Crippen LogP contribution in [-0.2, 0) is 11.2 Å². The molecule has 136 valence electrons. The Hall–Kier alpha value is -3.02. The van der Waals surface area contributed by atoms with Crippen LogP contribution in [0.2, 0.25) is 0 Å². The van der Waals surface area contributed by atoms with Crippen molar-refractivity contribution in [1.29, 1.82) is 0 Å². The quantitative estimate of drug-likeness (QED) is 0.741. The molecule has 0 radical (unpaired) electrons. The summed E-state index contributed by atoms with van der Waals surface area (Å²) in [5, 5.41) is 5.14. The number of nitrogens with zero attached hydrogens (tertiary/aromatic N) is 1. The number of anilines is 3. The summed E-state index contributed by atoms with van der Waals surface area (Å²) < 4.78 is 0. The molecule has 0 aromatic heterocycles. The zero-order chi connectivity index (χ0) is 18.7. The number of urea groups is 1. The van der Waals surface area contributed by atoms with Gasteiger partial charge in [0, 0.05) is 23.6 Å². The fourth-order valence-electron chi connectivity index (χ4n) is 3.27. The molecule has 2 aromatic rings. The zero-order valence-electron chi connectivity index (χ0n) is 15.1. The summed E-state index contributed by atoms with van der Waals surface area (Å²) in [5.41, 5.74) is 11.6. The Balaban J connectivity index is 1.62. The molecule has 1 aliphatic rings. The van der Waals surface area contributed by atoms with Crippen molar-refractivity contribution in [2.24, 2.45) is 0 Å². The van der Waals surface area contributed by atoms with Crippen LogP contribution < -0.4 is 21.3 Å². The van der Waals surface area contributed by atoms with Gasteiger partial charge in [-0.3, -0.25) is 10.1 Å². The van der Waals surface area contributed by atoms with E-state index in [9.17, 15) is 9.59 Å². The topological polar surface area (TPSA) is 87.5 Å². The molecular weight excluding hydrogens is 328 g/mol. The van der Waals surface area contributed by atoms with Crippen LogP contribution in [0.15, 0.2) is 36.4 Å². The smallest absolute Gasteiger partial charge is 0.325 e. The van der Waals surface area contributed by atoms with Crippen molar-refractivity contribution < 1.29 is 9.59 Å². The molecule has 6 nitrogen and oxygen atoms in total. The molecule has 0 atom stereocenters. The summed E-state index contributed by atoms with van der Waals surface area (Å²) >= 11 is 0. The number of hydrogen-bond acceptors (Lipinski definition) is 4. The van der Waals surface area contributed by atoms with E-state index in [1.54, 1.807) is 0 Å². The number of carbonyl (C=O) groups excluding carboxylic acids is 2. The molecule has 1 heterocycles. The second-order valence-electron chi connectivity index (χ2n) is 6.62. The molecule has 26 heavy (non-hydrogen) atoms. The highest BCUT2D eigenvalue weighted by Crippen LogP contribution is 2.30. The van der Waals surface area contributed by atoms with Crippen LogP contribution in [0, 0.1) is 13.8 Å². The van der Waals surface area contributed by atoms with Gasteiger partial charge in [0.15, 0.2) is 0 Å². The van der Waals surface area contributed by atoms with Gasteiger partial charge in [0.05, 0.1) is 6.54 Å². The van der Waals surface area contributed by atoms with Gasteiger partial charge in [-0.15, -0.1) is 0 Å². The molecule has 3 amide bonds. The number of imide groups is 1. The molecule has 0 fully saturated rings. The average Bonchev–Trinajstić information content (AvgIpc) is 2.60. The predicted octanol–water partition coefficient (Wildman–Crippen LogP) is 2.99. The summed E-state index contributed by atoms with van der Waals surface area (Å²) in [6, 6.07) is 10.9. The van der Waals surface area contributed by atoms with Gasteiger partial charge in [-0.25, -0.2) is 4.79 Å². The lowest BCUT2D eigenvalue weighted by Crippen LogP contribution is -2.43. The normalized spacial score (nSPS) is 13.1. The Labute approximate surface area is 153 Å². The van der Waals surface area contributed by atoms with E-state index in [1.807, 2.05) is 55.1 Å². The van der Waals surface area contributed by atoms with Crippen molar-refractivity contribution in [2.45, 2.75) is 26.7 Å². The number of nitrogens with one attached hydrogen (secondary N) is 2. The minimum Gasteiger partial charge on any atom is -0.398 e. The molecule has 0 bridgehead atoms. The molecule has 6 heteroatoms. The van der Waals surface area contributed by atoms with E-state index < -0.39 is 6.03 Å². The summed E-state index contributed by atoms with van der Waals surface area (Å²) in [7, 11) is 0. The van der Waals surface area contributed by atoms with Gasteiger partial charge >= 0.3 is 6.03 Å². The fraction of sp³-hybridized carbons (Fsp3) is 0.300. The van der Waals surface area contributed by atoms with Crippen LogP contribution in [0.4, 0.5) is 21.9 Å². The van der Waals surface area contributed by atoms with E-state index in [2.05, 4.69) is 10.6 Å². The van der Waals surface area contributed by atoms with E-state index >= 15 is 0 Å². The lowest BCUT2D eigenvalue weighted by Gasteiger charge is -2.31. The van der Waals surface area contributed by atoms with Gasteiger partial charge in [0.1, 0.15) is 0 Å². The second-order valence-corrected chi connectivity index (χ2v) is 6.62. The standard InChI is InChI=1S/C20H24N4O2/c1-13-6-3-9-17(14(13)2)22-20(26)23-19(25)12-24-11-5-7-15-16(21)8-4-10-18(15)24/h3-4,6,8-10H,5,7,11-12,21H2,1-2H3,(H2,22,23,25,26). The van der Waals surface area contributed by atoms with Crippen molar-refractivity contribution in [2.75, 3.05) is 29.0 Å². The third kappa shape index (κ3) is 3.79. The second kappa shape index (κ2) is 7.47. The van der Waals surface area contributed by atoms with Gasteiger partial charge in [0.2, 0.25) is 5.91 Å². The first-order chi connectivity index (χ1) is 12.5. The van der Waals surface area contributed by atoms with Crippen LogP contribution in [0.5, 0.6) is 0 Å². The number of fused-ring (bicyclic) bond motifs is 1. The van der Waals surface area contributed by atoms with Gasteiger partial charge in [-0.2, -0.15) is 0 Å². The maximum atomic E-state index is 12.3. The van der Waals surface area contributed by atoms with E-state index in [0.29, 0.717) is 5.69 Å². The Morgan fingerprint density at radius 2 is 1.92 bits per heavy atom. The number of aryl methyl sites for hydroxylation is 1. The van der Waals surface area contributed by atoms with Gasteiger partial charge < -0.3 is 16.0 Å². The minimum absolute atomic E-state index is 0.122. The van der Waals surface area contributed by atoms with Crippen molar-refractivity contribution in [3.8, 4) is 0 Å². The third-order valence-electron chi connectivity index (χ3n) is 4.82. The maximum absolute atomic E-state index is 12.3. The summed E-state index contributed by atoms with van der Waals surface area (Å²) in [4.78, 5) is 26.4. The maximum Gasteiger partial charge on any atom is 0.325 e. The van der Waals surface area contributed by atoms with Gasteiger partial charge in [-0.1, -0.05) is 18.2 Å². The van der Waals surface area contributed by atoms with Crippen molar-refractivity contribution in [1.82, 2.24) is 5.32 Å². The van der Waals surface area contributed by atoms with E-state index in [1.165, 1.54) is 0 Å². The minimum atomic E-state index is -0.520. The first-order valence-electron chi connectivity index (χ1n) is 8.75.